The third-order valence-electron chi connectivity index (χ3n) is 4.84. The molecular weight excluding hydrogens is 304 g/mol. The van der Waals surface area contributed by atoms with Crippen LogP contribution in [0.15, 0.2) is 0 Å². The molecule has 2 atom stereocenters. The van der Waals surface area contributed by atoms with E-state index in [1.165, 1.54) is 6.42 Å². The molecule has 0 radical (unpaired) electrons. The number of carbonyl (C=O) groups is 1. The van der Waals surface area contributed by atoms with Crippen LogP contribution in [0, 0.1) is 5.92 Å². The van der Waals surface area contributed by atoms with E-state index in [-0.39, 0.29) is 6.09 Å². The van der Waals surface area contributed by atoms with Crippen LogP contribution in [0.25, 0.3) is 0 Å². The van der Waals surface area contributed by atoms with E-state index in [0.717, 1.165) is 52.2 Å². The molecule has 2 unspecified atom stereocenters. The Morgan fingerprint density at radius 1 is 1.21 bits per heavy atom. The standard InChI is InChI=1S/C18H36N4O2/c1-18(2,3)24-17(23)22-10-6-9-21(11-12-22)16-13-19-8-7-15(16)14-20(4)5/h15-16,19H,6-14H2,1-5H3. The zero-order chi connectivity index (χ0) is 17.7. The highest BCUT2D eigenvalue weighted by atomic mass is 16.6. The fourth-order valence-electron chi connectivity index (χ4n) is 3.78. The average Bonchev–Trinajstić information content (AvgIpc) is 2.71. The van der Waals surface area contributed by atoms with Crippen LogP contribution < -0.4 is 5.32 Å². The lowest BCUT2D eigenvalue weighted by Crippen LogP contribution is -2.54. The fraction of sp³-hybridized carbons (Fsp3) is 0.944. The Labute approximate surface area is 147 Å². The first-order valence-electron chi connectivity index (χ1n) is 9.33. The Morgan fingerprint density at radius 2 is 1.96 bits per heavy atom. The van der Waals surface area contributed by atoms with Crippen molar-refractivity contribution in [1.29, 1.82) is 0 Å². The molecule has 6 nitrogen and oxygen atoms in total. The maximum atomic E-state index is 12.3. The lowest BCUT2D eigenvalue weighted by atomic mass is 9.90. The van der Waals surface area contributed by atoms with Crippen LogP contribution in [0.4, 0.5) is 4.79 Å². The second-order valence-corrected chi connectivity index (χ2v) is 8.44. The van der Waals surface area contributed by atoms with Gasteiger partial charge in [0.15, 0.2) is 0 Å². The van der Waals surface area contributed by atoms with E-state index in [2.05, 4.69) is 29.2 Å². The molecule has 2 aliphatic heterocycles. The number of rotatable bonds is 3. The predicted octanol–water partition coefficient (Wildman–Crippen LogP) is 1.47. The quantitative estimate of drug-likeness (QED) is 0.843. The molecule has 2 saturated heterocycles. The third kappa shape index (κ3) is 5.90. The van der Waals surface area contributed by atoms with Gasteiger partial charge in [-0.2, -0.15) is 0 Å². The monoisotopic (exact) mass is 340 g/mol. The van der Waals surface area contributed by atoms with Crippen LogP contribution in [0.2, 0.25) is 0 Å². The summed E-state index contributed by atoms with van der Waals surface area (Å²) in [6, 6.07) is 0.569. The Balaban J connectivity index is 1.92. The van der Waals surface area contributed by atoms with Crippen molar-refractivity contribution in [2.45, 2.75) is 45.3 Å². The first kappa shape index (κ1) is 19.5. The Kier molecular flexibility index (Phi) is 6.89. The summed E-state index contributed by atoms with van der Waals surface area (Å²) in [5.74, 6) is 0.703. The van der Waals surface area contributed by atoms with Crippen molar-refractivity contribution in [3.05, 3.63) is 0 Å². The molecule has 0 aliphatic carbocycles. The van der Waals surface area contributed by atoms with E-state index >= 15 is 0 Å². The molecule has 2 heterocycles. The van der Waals surface area contributed by atoms with Gasteiger partial charge < -0.3 is 19.9 Å². The van der Waals surface area contributed by atoms with Crippen LogP contribution in [-0.4, -0.2) is 92.3 Å². The van der Waals surface area contributed by atoms with Gasteiger partial charge in [-0.3, -0.25) is 4.90 Å². The van der Waals surface area contributed by atoms with Gasteiger partial charge in [-0.1, -0.05) is 0 Å². The molecule has 0 aromatic heterocycles. The molecular formula is C18H36N4O2. The van der Waals surface area contributed by atoms with Crippen molar-refractivity contribution < 1.29 is 9.53 Å². The van der Waals surface area contributed by atoms with Gasteiger partial charge in [0.25, 0.3) is 0 Å². The van der Waals surface area contributed by atoms with E-state index in [1.54, 1.807) is 0 Å². The highest BCUT2D eigenvalue weighted by molar-refractivity contribution is 5.68. The second kappa shape index (κ2) is 8.50. The zero-order valence-corrected chi connectivity index (χ0v) is 16.2. The summed E-state index contributed by atoms with van der Waals surface area (Å²) in [5.41, 5.74) is -0.423. The van der Waals surface area contributed by atoms with Gasteiger partial charge in [0.2, 0.25) is 0 Å². The molecule has 0 aromatic rings. The van der Waals surface area contributed by atoms with Crippen molar-refractivity contribution in [1.82, 2.24) is 20.0 Å². The summed E-state index contributed by atoms with van der Waals surface area (Å²) in [4.78, 5) is 19.1. The summed E-state index contributed by atoms with van der Waals surface area (Å²) in [7, 11) is 4.32. The highest BCUT2D eigenvalue weighted by Gasteiger charge is 2.32. The minimum Gasteiger partial charge on any atom is -0.444 e. The first-order valence-corrected chi connectivity index (χ1v) is 9.33. The third-order valence-corrected chi connectivity index (χ3v) is 4.84. The SMILES string of the molecule is CN(C)CC1CCNCC1N1CCCN(C(=O)OC(C)(C)C)CC1. The Hall–Kier alpha value is -0.850. The summed E-state index contributed by atoms with van der Waals surface area (Å²) in [6.45, 7) is 12.7. The van der Waals surface area contributed by atoms with E-state index in [0.29, 0.717) is 12.0 Å². The van der Waals surface area contributed by atoms with Gasteiger partial charge in [0.05, 0.1) is 0 Å². The number of amides is 1. The minimum absolute atomic E-state index is 0.170. The van der Waals surface area contributed by atoms with Crippen molar-refractivity contribution >= 4 is 6.09 Å². The smallest absolute Gasteiger partial charge is 0.410 e. The van der Waals surface area contributed by atoms with Crippen LogP contribution in [0.3, 0.4) is 0 Å². The number of piperidine rings is 1. The van der Waals surface area contributed by atoms with Crippen LogP contribution >= 0.6 is 0 Å². The summed E-state index contributed by atoms with van der Waals surface area (Å²) < 4.78 is 5.54. The molecule has 24 heavy (non-hydrogen) atoms. The summed E-state index contributed by atoms with van der Waals surface area (Å²) in [5, 5.41) is 3.56. The number of hydrogen-bond acceptors (Lipinski definition) is 5. The van der Waals surface area contributed by atoms with Crippen LogP contribution in [0.5, 0.6) is 0 Å². The zero-order valence-electron chi connectivity index (χ0n) is 16.2. The van der Waals surface area contributed by atoms with Crippen molar-refractivity contribution in [2.24, 2.45) is 5.92 Å². The summed E-state index contributed by atoms with van der Waals surface area (Å²) >= 11 is 0. The van der Waals surface area contributed by atoms with E-state index in [9.17, 15) is 4.79 Å². The van der Waals surface area contributed by atoms with E-state index in [4.69, 9.17) is 4.74 Å². The molecule has 2 aliphatic rings. The number of nitrogens with one attached hydrogen (secondary N) is 1. The molecule has 6 heteroatoms. The molecule has 0 bridgehead atoms. The second-order valence-electron chi connectivity index (χ2n) is 8.44. The molecule has 0 aromatic carbocycles. The Bertz CT molecular complexity index is 408. The number of ether oxygens (including phenoxy) is 1. The van der Waals surface area contributed by atoms with Crippen molar-refractivity contribution in [2.75, 3.05) is 59.9 Å². The molecule has 2 fully saturated rings. The topological polar surface area (TPSA) is 48.0 Å². The maximum absolute atomic E-state index is 12.3. The van der Waals surface area contributed by atoms with E-state index in [1.807, 2.05) is 25.7 Å². The van der Waals surface area contributed by atoms with Crippen LogP contribution in [0.1, 0.15) is 33.6 Å². The largest absolute Gasteiger partial charge is 0.444 e. The first-order chi connectivity index (χ1) is 11.3. The van der Waals surface area contributed by atoms with Gasteiger partial charge in [0.1, 0.15) is 5.60 Å². The Morgan fingerprint density at radius 3 is 2.62 bits per heavy atom. The molecule has 0 saturated carbocycles. The number of nitrogens with zero attached hydrogens (tertiary/aromatic N) is 3. The minimum atomic E-state index is -0.423. The average molecular weight is 341 g/mol. The molecule has 1 N–H and O–H groups in total. The predicted molar refractivity (Wildman–Crippen MR) is 97.3 cm³/mol. The lowest BCUT2D eigenvalue weighted by Gasteiger charge is -2.41. The van der Waals surface area contributed by atoms with Gasteiger partial charge in [-0.05, 0) is 60.2 Å². The highest BCUT2D eigenvalue weighted by Crippen LogP contribution is 2.21. The lowest BCUT2D eigenvalue weighted by molar-refractivity contribution is 0.0249. The van der Waals surface area contributed by atoms with Gasteiger partial charge >= 0.3 is 6.09 Å². The van der Waals surface area contributed by atoms with Gasteiger partial charge in [-0.15, -0.1) is 0 Å². The molecule has 140 valence electrons. The molecule has 2 rings (SSSR count). The molecule has 1 amide bonds. The van der Waals surface area contributed by atoms with Gasteiger partial charge in [-0.25, -0.2) is 4.79 Å². The fourth-order valence-corrected chi connectivity index (χ4v) is 3.78. The molecule has 0 spiro atoms. The number of carbonyl (C=O) groups excluding carboxylic acids is 1. The van der Waals surface area contributed by atoms with Gasteiger partial charge in [0, 0.05) is 45.3 Å². The maximum Gasteiger partial charge on any atom is 0.410 e. The normalized spacial score (nSPS) is 27.2. The van der Waals surface area contributed by atoms with Crippen molar-refractivity contribution in [3.63, 3.8) is 0 Å². The van der Waals surface area contributed by atoms with E-state index < -0.39 is 5.60 Å². The van der Waals surface area contributed by atoms with Crippen LogP contribution in [-0.2, 0) is 4.74 Å². The summed E-state index contributed by atoms with van der Waals surface area (Å²) in [6.07, 6.45) is 2.08. The van der Waals surface area contributed by atoms with Crippen molar-refractivity contribution in [3.8, 4) is 0 Å². The number of hydrogen-bond donors (Lipinski definition) is 1.